The molecule has 4 rings (SSSR count). The Kier molecular flexibility index (Phi) is 5.26. The zero-order valence-corrected chi connectivity index (χ0v) is 15.8. The second-order valence-electron chi connectivity index (χ2n) is 7.31. The van der Waals surface area contributed by atoms with Crippen molar-refractivity contribution in [3.8, 4) is 5.75 Å². The Hall–Kier alpha value is -2.59. The minimum atomic E-state index is -0.265. The third kappa shape index (κ3) is 3.91. The molecule has 1 N–H and O–H groups in total. The first-order chi connectivity index (χ1) is 13.2. The molecule has 0 radical (unpaired) electrons. The smallest absolute Gasteiger partial charge is 0.336 e. The first-order valence-corrected chi connectivity index (χ1v) is 9.83. The van der Waals surface area contributed by atoms with Crippen LogP contribution in [0.25, 0.3) is 11.0 Å². The lowest BCUT2D eigenvalue weighted by Gasteiger charge is -2.26. The minimum Gasteiger partial charge on any atom is -0.445 e. The van der Waals surface area contributed by atoms with E-state index >= 15 is 0 Å². The van der Waals surface area contributed by atoms with Gasteiger partial charge in [-0.25, -0.2) is 4.79 Å². The second-order valence-corrected chi connectivity index (χ2v) is 7.31. The SMILES string of the molecule is CCCCc1cc(=O)oc2c3c(ccc12)OC[NH+](CCc1ccccc1)C3. The quantitative estimate of drug-likeness (QED) is 0.684. The van der Waals surface area contributed by atoms with Gasteiger partial charge in [-0.2, -0.15) is 0 Å². The Morgan fingerprint density at radius 1 is 1.07 bits per heavy atom. The molecule has 2 heterocycles. The molecule has 1 aliphatic rings. The van der Waals surface area contributed by atoms with E-state index in [2.05, 4.69) is 31.2 Å². The van der Waals surface area contributed by atoms with Gasteiger partial charge in [-0.15, -0.1) is 0 Å². The fourth-order valence-electron chi connectivity index (χ4n) is 3.81. The first kappa shape index (κ1) is 17.8. The van der Waals surface area contributed by atoms with Crippen molar-refractivity contribution < 1.29 is 14.1 Å². The summed E-state index contributed by atoms with van der Waals surface area (Å²) in [5.41, 5.74) is 3.89. The van der Waals surface area contributed by atoms with Crippen molar-refractivity contribution in [3.63, 3.8) is 0 Å². The number of hydrogen-bond donors (Lipinski definition) is 1. The summed E-state index contributed by atoms with van der Waals surface area (Å²) in [5, 5.41) is 1.05. The highest BCUT2D eigenvalue weighted by atomic mass is 16.5. The van der Waals surface area contributed by atoms with Gasteiger partial charge >= 0.3 is 5.63 Å². The van der Waals surface area contributed by atoms with E-state index in [-0.39, 0.29) is 5.63 Å². The lowest BCUT2D eigenvalue weighted by Crippen LogP contribution is -3.12. The van der Waals surface area contributed by atoms with E-state index in [0.29, 0.717) is 12.3 Å². The average molecular weight is 364 g/mol. The van der Waals surface area contributed by atoms with Gasteiger partial charge in [-0.3, -0.25) is 4.90 Å². The molecular weight excluding hydrogens is 338 g/mol. The van der Waals surface area contributed by atoms with E-state index in [9.17, 15) is 4.79 Å². The highest BCUT2D eigenvalue weighted by Crippen LogP contribution is 2.30. The number of benzene rings is 2. The molecule has 0 saturated carbocycles. The van der Waals surface area contributed by atoms with Gasteiger partial charge < -0.3 is 9.15 Å². The Balaban J connectivity index is 1.61. The van der Waals surface area contributed by atoms with Gasteiger partial charge in [0.05, 0.1) is 12.1 Å². The molecule has 4 nitrogen and oxygen atoms in total. The van der Waals surface area contributed by atoms with E-state index in [1.165, 1.54) is 10.5 Å². The van der Waals surface area contributed by atoms with Crippen LogP contribution in [0.2, 0.25) is 0 Å². The van der Waals surface area contributed by atoms with Crippen LogP contribution in [0.5, 0.6) is 5.75 Å². The Morgan fingerprint density at radius 3 is 2.74 bits per heavy atom. The fraction of sp³-hybridized carbons (Fsp3) is 0.348. The van der Waals surface area contributed by atoms with E-state index in [0.717, 1.165) is 61.0 Å². The normalized spacial score (nSPS) is 16.1. The van der Waals surface area contributed by atoms with Crippen LogP contribution < -0.4 is 15.3 Å². The van der Waals surface area contributed by atoms with Gasteiger partial charge in [-0.05, 0) is 36.1 Å². The summed E-state index contributed by atoms with van der Waals surface area (Å²) >= 11 is 0. The van der Waals surface area contributed by atoms with Gasteiger partial charge in [0, 0.05) is 17.9 Å². The van der Waals surface area contributed by atoms with Crippen LogP contribution in [-0.4, -0.2) is 13.3 Å². The zero-order valence-electron chi connectivity index (χ0n) is 15.8. The summed E-state index contributed by atoms with van der Waals surface area (Å²) < 4.78 is 11.6. The molecular formula is C23H26NO3+. The topological polar surface area (TPSA) is 43.9 Å². The molecule has 0 saturated heterocycles. The van der Waals surface area contributed by atoms with E-state index in [4.69, 9.17) is 9.15 Å². The number of nitrogens with one attached hydrogen (secondary N) is 1. The van der Waals surface area contributed by atoms with Crippen LogP contribution in [0.3, 0.4) is 0 Å². The van der Waals surface area contributed by atoms with Crippen LogP contribution in [0.1, 0.15) is 36.5 Å². The summed E-state index contributed by atoms with van der Waals surface area (Å²) in [5.74, 6) is 0.849. The van der Waals surface area contributed by atoms with Crippen molar-refractivity contribution in [2.75, 3.05) is 13.3 Å². The van der Waals surface area contributed by atoms with Crippen molar-refractivity contribution in [2.24, 2.45) is 0 Å². The van der Waals surface area contributed by atoms with Crippen LogP contribution in [-0.2, 0) is 19.4 Å². The number of ether oxygens (including phenoxy) is 1. The molecule has 4 heteroatoms. The first-order valence-electron chi connectivity index (χ1n) is 9.83. The number of hydrogen-bond acceptors (Lipinski definition) is 3. The molecule has 1 atom stereocenters. The summed E-state index contributed by atoms with van der Waals surface area (Å²) in [6.07, 6.45) is 4.09. The Labute approximate surface area is 159 Å². The third-order valence-corrected chi connectivity index (χ3v) is 5.33. The molecule has 0 spiro atoms. The van der Waals surface area contributed by atoms with Crippen molar-refractivity contribution in [1.82, 2.24) is 0 Å². The molecule has 140 valence electrons. The maximum atomic E-state index is 12.1. The molecule has 27 heavy (non-hydrogen) atoms. The largest absolute Gasteiger partial charge is 0.445 e. The number of rotatable bonds is 6. The van der Waals surface area contributed by atoms with Crippen LogP contribution in [0.15, 0.2) is 57.7 Å². The van der Waals surface area contributed by atoms with E-state index in [1.54, 1.807) is 6.07 Å². The standard InChI is InChI=1S/C23H25NO3/c1-2-3-9-18-14-22(25)27-23-19(18)10-11-21-20(23)15-24(16-26-21)13-12-17-7-5-4-6-8-17/h4-8,10-11,14H,2-3,9,12-13,15-16H2,1H3/p+1. The molecule has 3 aromatic rings. The molecule has 2 aromatic carbocycles. The van der Waals surface area contributed by atoms with Crippen molar-refractivity contribution in [3.05, 3.63) is 75.6 Å². The van der Waals surface area contributed by atoms with Crippen molar-refractivity contribution in [2.45, 2.75) is 39.2 Å². The van der Waals surface area contributed by atoms with Crippen molar-refractivity contribution >= 4 is 11.0 Å². The van der Waals surface area contributed by atoms with E-state index < -0.39 is 0 Å². The number of unbranched alkanes of at least 4 members (excludes halogenated alkanes) is 1. The summed E-state index contributed by atoms with van der Waals surface area (Å²) in [6, 6.07) is 16.2. The van der Waals surface area contributed by atoms with Crippen LogP contribution in [0, 0.1) is 0 Å². The summed E-state index contributed by atoms with van der Waals surface area (Å²) in [6.45, 7) is 4.61. The minimum absolute atomic E-state index is 0.265. The predicted molar refractivity (Wildman–Crippen MR) is 106 cm³/mol. The Bertz CT molecular complexity index is 978. The maximum Gasteiger partial charge on any atom is 0.336 e. The molecule has 1 unspecified atom stereocenters. The summed E-state index contributed by atoms with van der Waals surface area (Å²) in [7, 11) is 0. The zero-order chi connectivity index (χ0) is 18.6. The fourth-order valence-corrected chi connectivity index (χ4v) is 3.81. The van der Waals surface area contributed by atoms with Gasteiger partial charge in [0.25, 0.3) is 0 Å². The molecule has 0 aliphatic carbocycles. The molecule has 1 aromatic heterocycles. The maximum absolute atomic E-state index is 12.1. The van der Waals surface area contributed by atoms with Crippen LogP contribution in [0.4, 0.5) is 0 Å². The lowest BCUT2D eigenvalue weighted by atomic mass is 10.0. The Morgan fingerprint density at radius 2 is 1.93 bits per heavy atom. The van der Waals surface area contributed by atoms with Crippen molar-refractivity contribution in [1.29, 1.82) is 0 Å². The van der Waals surface area contributed by atoms with Gasteiger partial charge in [0.2, 0.25) is 6.73 Å². The molecule has 0 bridgehead atoms. The van der Waals surface area contributed by atoms with Gasteiger partial charge in [0.15, 0.2) is 5.58 Å². The third-order valence-electron chi connectivity index (χ3n) is 5.33. The predicted octanol–water partition coefficient (Wildman–Crippen LogP) is 3.11. The summed E-state index contributed by atoms with van der Waals surface area (Å²) in [4.78, 5) is 13.5. The second kappa shape index (κ2) is 7.97. The molecule has 0 fully saturated rings. The molecule has 0 amide bonds. The monoisotopic (exact) mass is 364 g/mol. The number of fused-ring (bicyclic) bond motifs is 3. The highest BCUT2D eigenvalue weighted by molar-refractivity contribution is 5.85. The lowest BCUT2D eigenvalue weighted by molar-refractivity contribution is -0.932. The molecule has 1 aliphatic heterocycles. The van der Waals surface area contributed by atoms with E-state index in [1.807, 2.05) is 18.2 Å². The van der Waals surface area contributed by atoms with Crippen LogP contribution >= 0.6 is 0 Å². The number of aryl methyl sites for hydroxylation is 1. The average Bonchev–Trinajstić information content (AvgIpc) is 2.71. The van der Waals surface area contributed by atoms with Gasteiger partial charge in [-0.1, -0.05) is 43.7 Å². The number of quaternary nitrogens is 1. The highest BCUT2D eigenvalue weighted by Gasteiger charge is 2.24. The van der Waals surface area contributed by atoms with Gasteiger partial charge in [0.1, 0.15) is 12.3 Å².